The lowest BCUT2D eigenvalue weighted by atomic mass is 10.0. The number of piperidine rings is 1. The number of ether oxygens (including phenoxy) is 1. The molecule has 0 atom stereocenters. The number of hydrogen-bond acceptors (Lipinski definition) is 3. The highest BCUT2D eigenvalue weighted by molar-refractivity contribution is 6.30. The van der Waals surface area contributed by atoms with Gasteiger partial charge in [-0.15, -0.1) is 0 Å². The predicted octanol–water partition coefficient (Wildman–Crippen LogP) is 4.99. The SMILES string of the molecule is CN(Cc1cccc(Cl)c1)C(=O)c1cccn1C1CCN(C(=O)OC(C)(C)C)CC1. The fraction of sp³-hybridized carbons (Fsp3) is 0.478. The minimum Gasteiger partial charge on any atom is -0.444 e. The first-order valence-corrected chi connectivity index (χ1v) is 10.7. The minimum atomic E-state index is -0.498. The van der Waals surface area contributed by atoms with Gasteiger partial charge in [0.2, 0.25) is 0 Å². The van der Waals surface area contributed by atoms with Gasteiger partial charge in [-0.2, -0.15) is 0 Å². The maximum absolute atomic E-state index is 13.1. The van der Waals surface area contributed by atoms with Gasteiger partial charge in [0, 0.05) is 43.9 Å². The number of rotatable bonds is 4. The predicted molar refractivity (Wildman–Crippen MR) is 118 cm³/mol. The Hall–Kier alpha value is -2.47. The highest BCUT2D eigenvalue weighted by Crippen LogP contribution is 2.26. The summed E-state index contributed by atoms with van der Waals surface area (Å²) in [6.45, 7) is 7.33. The molecule has 0 saturated carbocycles. The number of carbonyl (C=O) groups is 2. The van der Waals surface area contributed by atoms with Crippen LogP contribution in [-0.2, 0) is 11.3 Å². The highest BCUT2D eigenvalue weighted by atomic mass is 35.5. The third-order valence-corrected chi connectivity index (χ3v) is 5.40. The first-order valence-electron chi connectivity index (χ1n) is 10.3. The molecule has 0 radical (unpaired) electrons. The lowest BCUT2D eigenvalue weighted by Crippen LogP contribution is -2.42. The molecule has 0 N–H and O–H groups in total. The maximum Gasteiger partial charge on any atom is 0.410 e. The third kappa shape index (κ3) is 5.57. The standard InChI is InChI=1S/C23H30ClN3O3/c1-23(2,3)30-22(29)26-13-10-19(11-14-26)27-12-6-9-20(27)21(28)25(4)16-17-7-5-8-18(24)15-17/h5-9,12,15,19H,10-11,13-14,16H2,1-4H3. The largest absolute Gasteiger partial charge is 0.444 e. The summed E-state index contributed by atoms with van der Waals surface area (Å²) in [5.41, 5.74) is 1.15. The molecule has 1 aromatic carbocycles. The van der Waals surface area contributed by atoms with Crippen molar-refractivity contribution in [3.8, 4) is 0 Å². The molecule has 162 valence electrons. The fourth-order valence-corrected chi connectivity index (χ4v) is 3.94. The number of carbonyl (C=O) groups excluding carboxylic acids is 2. The Kier molecular flexibility index (Phi) is 6.76. The summed E-state index contributed by atoms with van der Waals surface area (Å²) < 4.78 is 7.52. The average Bonchev–Trinajstić information content (AvgIpc) is 3.16. The molecule has 6 nitrogen and oxygen atoms in total. The average molecular weight is 432 g/mol. The van der Waals surface area contributed by atoms with E-state index in [9.17, 15) is 9.59 Å². The van der Waals surface area contributed by atoms with Gasteiger partial charge in [-0.1, -0.05) is 23.7 Å². The van der Waals surface area contributed by atoms with Gasteiger partial charge >= 0.3 is 6.09 Å². The first kappa shape index (κ1) is 22.2. The molecular formula is C23H30ClN3O3. The molecule has 1 fully saturated rings. The van der Waals surface area contributed by atoms with Crippen LogP contribution in [0.5, 0.6) is 0 Å². The van der Waals surface area contributed by atoms with Crippen molar-refractivity contribution in [2.75, 3.05) is 20.1 Å². The lowest BCUT2D eigenvalue weighted by molar-refractivity contribution is 0.0186. The Morgan fingerprint density at radius 2 is 1.87 bits per heavy atom. The van der Waals surface area contributed by atoms with Crippen molar-refractivity contribution in [2.24, 2.45) is 0 Å². The molecule has 1 aliphatic rings. The molecule has 0 bridgehead atoms. The van der Waals surface area contributed by atoms with Crippen LogP contribution >= 0.6 is 11.6 Å². The van der Waals surface area contributed by atoms with Crippen LogP contribution in [-0.4, -0.2) is 52.1 Å². The number of likely N-dealkylation sites (tertiary alicyclic amines) is 1. The van der Waals surface area contributed by atoms with E-state index in [-0.39, 0.29) is 18.0 Å². The molecule has 0 unspecified atom stereocenters. The monoisotopic (exact) mass is 431 g/mol. The van der Waals surface area contributed by atoms with E-state index in [0.717, 1.165) is 18.4 Å². The summed E-state index contributed by atoms with van der Waals surface area (Å²) in [4.78, 5) is 28.8. The van der Waals surface area contributed by atoms with Crippen molar-refractivity contribution in [1.82, 2.24) is 14.4 Å². The number of amides is 2. The van der Waals surface area contributed by atoms with Crippen molar-refractivity contribution in [3.05, 3.63) is 58.9 Å². The fourth-order valence-electron chi connectivity index (χ4n) is 3.72. The Labute approximate surface area is 183 Å². The maximum atomic E-state index is 13.1. The number of hydrogen-bond donors (Lipinski definition) is 0. The van der Waals surface area contributed by atoms with Crippen molar-refractivity contribution in [1.29, 1.82) is 0 Å². The Balaban J connectivity index is 1.63. The molecule has 0 aliphatic carbocycles. The molecule has 2 aromatic rings. The summed E-state index contributed by atoms with van der Waals surface area (Å²) in [5.74, 6) is -0.0328. The van der Waals surface area contributed by atoms with E-state index in [1.165, 1.54) is 0 Å². The van der Waals surface area contributed by atoms with Crippen LogP contribution in [0, 0.1) is 0 Å². The smallest absolute Gasteiger partial charge is 0.410 e. The van der Waals surface area contributed by atoms with Gasteiger partial charge < -0.3 is 19.1 Å². The summed E-state index contributed by atoms with van der Waals surface area (Å²) in [7, 11) is 1.80. The molecule has 1 aromatic heterocycles. The minimum absolute atomic E-state index is 0.0328. The lowest BCUT2D eigenvalue weighted by Gasteiger charge is -2.34. The van der Waals surface area contributed by atoms with E-state index >= 15 is 0 Å². The van der Waals surface area contributed by atoms with Crippen molar-refractivity contribution >= 4 is 23.6 Å². The van der Waals surface area contributed by atoms with Gasteiger partial charge in [-0.25, -0.2) is 4.79 Å². The van der Waals surface area contributed by atoms with Crippen molar-refractivity contribution in [3.63, 3.8) is 0 Å². The number of nitrogens with zero attached hydrogens (tertiary/aromatic N) is 3. The normalized spacial score (nSPS) is 15.2. The second kappa shape index (κ2) is 9.13. The van der Waals surface area contributed by atoms with E-state index in [1.807, 2.05) is 67.9 Å². The summed E-state index contributed by atoms with van der Waals surface area (Å²) in [6, 6.07) is 11.5. The van der Waals surface area contributed by atoms with Gasteiger partial charge in [-0.3, -0.25) is 4.79 Å². The van der Waals surface area contributed by atoms with E-state index in [2.05, 4.69) is 0 Å². The van der Waals surface area contributed by atoms with Crippen LogP contribution in [0.1, 0.15) is 55.7 Å². The van der Waals surface area contributed by atoms with Crippen LogP contribution in [0.15, 0.2) is 42.6 Å². The zero-order valence-corrected chi connectivity index (χ0v) is 18.9. The van der Waals surface area contributed by atoms with Crippen LogP contribution in [0.2, 0.25) is 5.02 Å². The Morgan fingerprint density at radius 1 is 1.17 bits per heavy atom. The summed E-state index contributed by atoms with van der Waals surface area (Å²) in [5, 5.41) is 0.661. The molecule has 3 rings (SSSR count). The van der Waals surface area contributed by atoms with Gasteiger partial charge in [-0.05, 0) is 63.4 Å². The quantitative estimate of drug-likeness (QED) is 0.685. The van der Waals surface area contributed by atoms with E-state index < -0.39 is 5.60 Å². The highest BCUT2D eigenvalue weighted by Gasteiger charge is 2.29. The van der Waals surface area contributed by atoms with Gasteiger partial charge in [0.25, 0.3) is 5.91 Å². The van der Waals surface area contributed by atoms with Gasteiger partial charge in [0.05, 0.1) is 0 Å². The molecule has 7 heteroatoms. The number of benzene rings is 1. The van der Waals surface area contributed by atoms with Crippen LogP contribution in [0.3, 0.4) is 0 Å². The Bertz CT molecular complexity index is 895. The van der Waals surface area contributed by atoms with E-state index in [4.69, 9.17) is 16.3 Å². The Morgan fingerprint density at radius 3 is 2.50 bits per heavy atom. The molecule has 1 saturated heterocycles. The van der Waals surface area contributed by atoms with Crippen LogP contribution in [0.4, 0.5) is 4.79 Å². The van der Waals surface area contributed by atoms with Crippen molar-refractivity contribution in [2.45, 2.75) is 51.8 Å². The molecule has 2 amide bonds. The number of halogens is 1. The summed E-state index contributed by atoms with van der Waals surface area (Å²) >= 11 is 6.06. The van der Waals surface area contributed by atoms with Crippen LogP contribution in [0.25, 0.3) is 0 Å². The zero-order valence-electron chi connectivity index (χ0n) is 18.1. The van der Waals surface area contributed by atoms with Crippen molar-refractivity contribution < 1.29 is 14.3 Å². The van der Waals surface area contributed by atoms with E-state index in [0.29, 0.717) is 30.4 Å². The second-order valence-electron chi connectivity index (χ2n) is 8.79. The van der Waals surface area contributed by atoms with E-state index in [1.54, 1.807) is 16.8 Å². The second-order valence-corrected chi connectivity index (χ2v) is 9.23. The van der Waals surface area contributed by atoms with Crippen LogP contribution < -0.4 is 0 Å². The van der Waals surface area contributed by atoms with Gasteiger partial charge in [0.15, 0.2) is 0 Å². The van der Waals surface area contributed by atoms with Gasteiger partial charge in [0.1, 0.15) is 11.3 Å². The molecular weight excluding hydrogens is 402 g/mol. The topological polar surface area (TPSA) is 54.8 Å². The summed E-state index contributed by atoms with van der Waals surface area (Å²) in [6.07, 6.45) is 3.25. The third-order valence-electron chi connectivity index (χ3n) is 5.16. The molecule has 30 heavy (non-hydrogen) atoms. The zero-order chi connectivity index (χ0) is 21.9. The number of aromatic nitrogens is 1. The molecule has 2 heterocycles. The molecule has 1 aliphatic heterocycles. The molecule has 0 spiro atoms. The first-order chi connectivity index (χ1) is 14.1.